The molecule has 4 heteroatoms. The molecule has 1 aliphatic heterocycles. The largest absolute Gasteiger partial charge is 0.382 e. The Labute approximate surface area is 80.2 Å². The van der Waals surface area contributed by atoms with Crippen LogP contribution in [0.4, 0.5) is 0 Å². The molecule has 0 saturated carbocycles. The Bertz CT molecular complexity index is 116. The highest BCUT2D eigenvalue weighted by atomic mass is 16.5. The van der Waals surface area contributed by atoms with E-state index >= 15 is 0 Å². The molecule has 0 radical (unpaired) electrons. The SMILES string of the molecule is CCOCCCNN1CCOCC1. The van der Waals surface area contributed by atoms with Gasteiger partial charge in [0.25, 0.3) is 0 Å². The van der Waals surface area contributed by atoms with Crippen molar-refractivity contribution in [2.45, 2.75) is 13.3 Å². The first kappa shape index (κ1) is 10.9. The van der Waals surface area contributed by atoms with Gasteiger partial charge in [0.15, 0.2) is 0 Å². The van der Waals surface area contributed by atoms with E-state index in [1.807, 2.05) is 6.92 Å². The van der Waals surface area contributed by atoms with Gasteiger partial charge in [-0.15, -0.1) is 0 Å². The fourth-order valence-corrected chi connectivity index (χ4v) is 1.28. The summed E-state index contributed by atoms with van der Waals surface area (Å²) < 4.78 is 10.5. The maximum Gasteiger partial charge on any atom is 0.0608 e. The molecule has 4 nitrogen and oxygen atoms in total. The Balaban J connectivity index is 1.86. The van der Waals surface area contributed by atoms with Crippen LogP contribution in [0.1, 0.15) is 13.3 Å². The van der Waals surface area contributed by atoms with Crippen molar-refractivity contribution >= 4 is 0 Å². The predicted octanol–water partition coefficient (Wildman–Crippen LogP) is 0.250. The van der Waals surface area contributed by atoms with Gasteiger partial charge in [0.1, 0.15) is 0 Å². The summed E-state index contributed by atoms with van der Waals surface area (Å²) in [6, 6.07) is 0. The average Bonchev–Trinajstić information content (AvgIpc) is 2.19. The van der Waals surface area contributed by atoms with Gasteiger partial charge < -0.3 is 9.47 Å². The molecule has 0 atom stereocenters. The van der Waals surface area contributed by atoms with Crippen LogP contribution in [0.15, 0.2) is 0 Å². The highest BCUT2D eigenvalue weighted by Crippen LogP contribution is 1.92. The van der Waals surface area contributed by atoms with Crippen LogP contribution in [0.2, 0.25) is 0 Å². The quantitative estimate of drug-likeness (QED) is 0.606. The molecule has 0 aliphatic carbocycles. The Morgan fingerprint density at radius 1 is 1.38 bits per heavy atom. The van der Waals surface area contributed by atoms with Crippen molar-refractivity contribution in [3.8, 4) is 0 Å². The second kappa shape index (κ2) is 7.26. The van der Waals surface area contributed by atoms with Crippen molar-refractivity contribution < 1.29 is 9.47 Å². The van der Waals surface area contributed by atoms with Gasteiger partial charge in [-0.25, -0.2) is 5.01 Å². The van der Waals surface area contributed by atoms with Gasteiger partial charge in [-0.3, -0.25) is 5.43 Å². The van der Waals surface area contributed by atoms with Crippen molar-refractivity contribution in [1.82, 2.24) is 10.4 Å². The van der Waals surface area contributed by atoms with E-state index in [1.165, 1.54) is 0 Å². The second-order valence-electron chi connectivity index (χ2n) is 3.06. The van der Waals surface area contributed by atoms with Crippen LogP contribution >= 0.6 is 0 Å². The van der Waals surface area contributed by atoms with Crippen molar-refractivity contribution in [1.29, 1.82) is 0 Å². The Morgan fingerprint density at radius 2 is 2.15 bits per heavy atom. The van der Waals surface area contributed by atoms with Crippen molar-refractivity contribution in [3.05, 3.63) is 0 Å². The van der Waals surface area contributed by atoms with Crippen molar-refractivity contribution in [2.75, 3.05) is 46.1 Å². The highest BCUT2D eigenvalue weighted by molar-refractivity contribution is 4.56. The first-order chi connectivity index (χ1) is 6.43. The molecule has 1 aliphatic rings. The molecule has 1 fully saturated rings. The first-order valence-corrected chi connectivity index (χ1v) is 5.07. The van der Waals surface area contributed by atoms with E-state index in [4.69, 9.17) is 9.47 Å². The molecule has 78 valence electrons. The summed E-state index contributed by atoms with van der Waals surface area (Å²) in [5.41, 5.74) is 3.35. The summed E-state index contributed by atoms with van der Waals surface area (Å²) in [6.45, 7) is 8.38. The Kier molecular flexibility index (Phi) is 6.10. The summed E-state index contributed by atoms with van der Waals surface area (Å²) in [5.74, 6) is 0. The van der Waals surface area contributed by atoms with Gasteiger partial charge in [-0.05, 0) is 13.3 Å². The lowest BCUT2D eigenvalue weighted by molar-refractivity contribution is 0.0104. The summed E-state index contributed by atoms with van der Waals surface area (Å²) in [5, 5.41) is 2.22. The lowest BCUT2D eigenvalue weighted by Gasteiger charge is -2.27. The fourth-order valence-electron chi connectivity index (χ4n) is 1.28. The van der Waals surface area contributed by atoms with Crippen molar-refractivity contribution in [2.24, 2.45) is 0 Å². The zero-order chi connectivity index (χ0) is 9.36. The first-order valence-electron chi connectivity index (χ1n) is 5.07. The normalized spacial score (nSPS) is 19.2. The molecular formula is C9H20N2O2. The monoisotopic (exact) mass is 188 g/mol. The van der Waals surface area contributed by atoms with E-state index in [1.54, 1.807) is 0 Å². The van der Waals surface area contributed by atoms with E-state index in [0.717, 1.165) is 52.5 Å². The molecule has 0 aromatic heterocycles. The third-order valence-corrected chi connectivity index (χ3v) is 2.02. The molecule has 0 bridgehead atoms. The maximum atomic E-state index is 5.24. The van der Waals surface area contributed by atoms with Crippen LogP contribution in [0.3, 0.4) is 0 Å². The predicted molar refractivity (Wildman–Crippen MR) is 51.5 cm³/mol. The standard InChI is InChI=1S/C9H20N2O2/c1-2-12-7-3-4-10-11-5-8-13-9-6-11/h10H,2-9H2,1H3. The second-order valence-corrected chi connectivity index (χ2v) is 3.06. The van der Waals surface area contributed by atoms with E-state index < -0.39 is 0 Å². The zero-order valence-electron chi connectivity index (χ0n) is 8.42. The molecule has 0 spiro atoms. The molecular weight excluding hydrogens is 168 g/mol. The third kappa shape index (κ3) is 5.21. The smallest absolute Gasteiger partial charge is 0.0608 e. The van der Waals surface area contributed by atoms with Crippen LogP contribution in [-0.4, -0.2) is 51.1 Å². The summed E-state index contributed by atoms with van der Waals surface area (Å²) >= 11 is 0. The molecule has 1 saturated heterocycles. The molecule has 0 amide bonds. The lowest BCUT2D eigenvalue weighted by atomic mass is 10.4. The van der Waals surface area contributed by atoms with E-state index in [-0.39, 0.29) is 0 Å². The van der Waals surface area contributed by atoms with Crippen LogP contribution in [0.25, 0.3) is 0 Å². The molecule has 1 heterocycles. The molecule has 13 heavy (non-hydrogen) atoms. The molecule has 0 aromatic carbocycles. The number of hydrogen-bond acceptors (Lipinski definition) is 4. The molecule has 0 unspecified atom stereocenters. The van der Waals surface area contributed by atoms with Crippen LogP contribution in [0.5, 0.6) is 0 Å². The van der Waals surface area contributed by atoms with Crippen molar-refractivity contribution in [3.63, 3.8) is 0 Å². The van der Waals surface area contributed by atoms with Gasteiger partial charge in [-0.2, -0.15) is 0 Å². The number of ether oxygens (including phenoxy) is 2. The Morgan fingerprint density at radius 3 is 2.85 bits per heavy atom. The lowest BCUT2D eigenvalue weighted by Crippen LogP contribution is -2.46. The average molecular weight is 188 g/mol. The summed E-state index contributed by atoms with van der Waals surface area (Å²) in [7, 11) is 0. The minimum Gasteiger partial charge on any atom is -0.382 e. The maximum absolute atomic E-state index is 5.24. The van der Waals surface area contributed by atoms with Gasteiger partial charge in [0, 0.05) is 32.8 Å². The van der Waals surface area contributed by atoms with Gasteiger partial charge in [0.05, 0.1) is 13.2 Å². The van der Waals surface area contributed by atoms with Gasteiger partial charge >= 0.3 is 0 Å². The molecule has 0 aromatic rings. The zero-order valence-corrected chi connectivity index (χ0v) is 8.42. The number of hydrazine groups is 1. The number of hydrogen-bond donors (Lipinski definition) is 1. The summed E-state index contributed by atoms with van der Waals surface area (Å²) in [4.78, 5) is 0. The fraction of sp³-hybridized carbons (Fsp3) is 1.00. The number of morpholine rings is 1. The van der Waals surface area contributed by atoms with Crippen LogP contribution in [-0.2, 0) is 9.47 Å². The van der Waals surface area contributed by atoms with E-state index in [2.05, 4.69) is 10.4 Å². The highest BCUT2D eigenvalue weighted by Gasteiger charge is 2.08. The minimum atomic E-state index is 0.817. The number of nitrogens with one attached hydrogen (secondary N) is 1. The van der Waals surface area contributed by atoms with Gasteiger partial charge in [0.2, 0.25) is 0 Å². The topological polar surface area (TPSA) is 33.7 Å². The summed E-state index contributed by atoms with van der Waals surface area (Å²) in [6.07, 6.45) is 1.07. The Hall–Kier alpha value is -0.160. The van der Waals surface area contributed by atoms with Crippen LogP contribution < -0.4 is 5.43 Å². The molecule has 1 N–H and O–H groups in total. The van der Waals surface area contributed by atoms with Gasteiger partial charge in [-0.1, -0.05) is 0 Å². The third-order valence-electron chi connectivity index (χ3n) is 2.02. The van der Waals surface area contributed by atoms with E-state index in [0.29, 0.717) is 0 Å². The van der Waals surface area contributed by atoms with Crippen LogP contribution in [0, 0.1) is 0 Å². The minimum absolute atomic E-state index is 0.817. The number of rotatable bonds is 6. The van der Waals surface area contributed by atoms with E-state index in [9.17, 15) is 0 Å². The molecule has 1 rings (SSSR count). The number of nitrogens with zero attached hydrogens (tertiary/aromatic N) is 1.